The van der Waals surface area contributed by atoms with Gasteiger partial charge in [0, 0.05) is 31.2 Å². The van der Waals surface area contributed by atoms with Crippen LogP contribution in [0.3, 0.4) is 0 Å². The van der Waals surface area contributed by atoms with Crippen molar-refractivity contribution in [3.05, 3.63) is 64.6 Å². The van der Waals surface area contributed by atoms with E-state index >= 15 is 0 Å². The first-order valence-electron chi connectivity index (χ1n) is 6.45. The van der Waals surface area contributed by atoms with Gasteiger partial charge in [-0.2, -0.15) is 0 Å². The number of halogens is 1. The van der Waals surface area contributed by atoms with Gasteiger partial charge in [0.2, 0.25) is 0 Å². The van der Waals surface area contributed by atoms with Gasteiger partial charge < -0.3 is 5.73 Å². The molecule has 0 aliphatic rings. The topological polar surface area (TPSA) is 60.9 Å². The predicted octanol–water partition coefficient (Wildman–Crippen LogP) is 2.48. The molecule has 3 rings (SSSR count). The highest BCUT2D eigenvalue weighted by atomic mass is 35.5. The van der Waals surface area contributed by atoms with E-state index in [1.54, 1.807) is 23.9 Å². The molecule has 0 bridgehead atoms. The second kappa shape index (κ2) is 6.08. The van der Waals surface area contributed by atoms with Crippen molar-refractivity contribution in [3.63, 3.8) is 0 Å². The monoisotopic (exact) mass is 301 g/mol. The second-order valence-electron chi connectivity index (χ2n) is 4.73. The van der Waals surface area contributed by atoms with Gasteiger partial charge in [-0.1, -0.05) is 24.3 Å². The molecule has 3 aromatic rings. The Labute approximate surface area is 128 Å². The Kier molecular flexibility index (Phi) is 4.40. The number of rotatable bonds is 2. The Morgan fingerprint density at radius 1 is 1.10 bits per heavy atom. The molecule has 2 heterocycles. The SMILES string of the molecule is Cl.Cn1c(=O)ccc2c(-c3ccc(CN)cc3)ccnc21. The second-order valence-corrected chi connectivity index (χ2v) is 4.73. The molecule has 21 heavy (non-hydrogen) atoms. The smallest absolute Gasteiger partial charge is 0.251 e. The number of nitrogens with zero attached hydrogens (tertiary/aromatic N) is 2. The number of aryl methyl sites for hydroxylation is 1. The average molecular weight is 302 g/mol. The number of hydrogen-bond donors (Lipinski definition) is 1. The molecule has 2 aromatic heterocycles. The number of hydrogen-bond acceptors (Lipinski definition) is 3. The first kappa shape index (κ1) is 15.2. The van der Waals surface area contributed by atoms with Gasteiger partial charge in [-0.15, -0.1) is 12.4 Å². The van der Waals surface area contributed by atoms with Gasteiger partial charge in [-0.25, -0.2) is 4.98 Å². The summed E-state index contributed by atoms with van der Waals surface area (Å²) in [5.41, 5.74) is 9.51. The van der Waals surface area contributed by atoms with Crippen molar-refractivity contribution < 1.29 is 0 Å². The zero-order valence-corrected chi connectivity index (χ0v) is 12.4. The average Bonchev–Trinajstić information content (AvgIpc) is 2.51. The maximum atomic E-state index is 11.7. The molecule has 1 aromatic carbocycles. The van der Waals surface area contributed by atoms with Crippen molar-refractivity contribution in [2.45, 2.75) is 6.54 Å². The molecule has 0 fully saturated rings. The summed E-state index contributed by atoms with van der Waals surface area (Å²) < 4.78 is 1.56. The Balaban J connectivity index is 0.00000161. The summed E-state index contributed by atoms with van der Waals surface area (Å²) in [5.74, 6) is 0. The van der Waals surface area contributed by atoms with E-state index in [9.17, 15) is 4.79 Å². The van der Waals surface area contributed by atoms with Crippen molar-refractivity contribution in [2.24, 2.45) is 12.8 Å². The van der Waals surface area contributed by atoms with Gasteiger partial charge in [-0.05, 0) is 28.8 Å². The zero-order chi connectivity index (χ0) is 14.1. The fourth-order valence-corrected chi connectivity index (χ4v) is 2.34. The highest BCUT2D eigenvalue weighted by molar-refractivity contribution is 5.92. The fourth-order valence-electron chi connectivity index (χ4n) is 2.34. The van der Waals surface area contributed by atoms with E-state index in [0.717, 1.165) is 22.1 Å². The van der Waals surface area contributed by atoms with E-state index in [2.05, 4.69) is 4.98 Å². The van der Waals surface area contributed by atoms with Crippen LogP contribution in [-0.4, -0.2) is 9.55 Å². The molecular weight excluding hydrogens is 286 g/mol. The first-order chi connectivity index (χ1) is 9.70. The maximum Gasteiger partial charge on any atom is 0.251 e. The third-order valence-electron chi connectivity index (χ3n) is 3.51. The maximum absolute atomic E-state index is 11.7. The molecule has 0 atom stereocenters. The number of fused-ring (bicyclic) bond motifs is 1. The minimum absolute atomic E-state index is 0. The Morgan fingerprint density at radius 2 is 1.81 bits per heavy atom. The molecule has 0 aliphatic carbocycles. The largest absolute Gasteiger partial charge is 0.326 e. The van der Waals surface area contributed by atoms with Crippen LogP contribution in [0.15, 0.2) is 53.5 Å². The van der Waals surface area contributed by atoms with Crippen molar-refractivity contribution in [3.8, 4) is 11.1 Å². The van der Waals surface area contributed by atoms with Crippen LogP contribution < -0.4 is 11.3 Å². The van der Waals surface area contributed by atoms with Crippen LogP contribution in [0.25, 0.3) is 22.2 Å². The van der Waals surface area contributed by atoms with E-state index in [4.69, 9.17) is 5.73 Å². The third kappa shape index (κ3) is 2.68. The van der Waals surface area contributed by atoms with Crippen molar-refractivity contribution in [2.75, 3.05) is 0 Å². The summed E-state index contributed by atoms with van der Waals surface area (Å²) in [5, 5.41) is 0.968. The van der Waals surface area contributed by atoms with E-state index in [-0.39, 0.29) is 18.0 Å². The van der Waals surface area contributed by atoms with E-state index < -0.39 is 0 Å². The normalized spacial score (nSPS) is 10.4. The summed E-state index contributed by atoms with van der Waals surface area (Å²) in [6.07, 6.45) is 1.73. The number of aromatic nitrogens is 2. The molecule has 0 spiro atoms. The van der Waals surface area contributed by atoms with Crippen LogP contribution in [0.1, 0.15) is 5.56 Å². The van der Waals surface area contributed by atoms with E-state index in [1.807, 2.05) is 36.4 Å². The molecule has 0 unspecified atom stereocenters. The first-order valence-corrected chi connectivity index (χ1v) is 6.45. The highest BCUT2D eigenvalue weighted by Gasteiger charge is 2.07. The van der Waals surface area contributed by atoms with Gasteiger partial charge in [0.15, 0.2) is 0 Å². The molecule has 0 aliphatic heterocycles. The van der Waals surface area contributed by atoms with Gasteiger partial charge >= 0.3 is 0 Å². The molecule has 4 nitrogen and oxygen atoms in total. The van der Waals surface area contributed by atoms with E-state index in [0.29, 0.717) is 12.2 Å². The van der Waals surface area contributed by atoms with Gasteiger partial charge in [0.1, 0.15) is 5.65 Å². The third-order valence-corrected chi connectivity index (χ3v) is 3.51. The van der Waals surface area contributed by atoms with Crippen molar-refractivity contribution in [1.82, 2.24) is 9.55 Å². The van der Waals surface area contributed by atoms with Crippen LogP contribution in [0, 0.1) is 0 Å². The van der Waals surface area contributed by atoms with Crippen molar-refractivity contribution >= 4 is 23.4 Å². The molecular formula is C16H16ClN3O. The predicted molar refractivity (Wildman–Crippen MR) is 87.6 cm³/mol. The molecule has 0 saturated heterocycles. The van der Waals surface area contributed by atoms with Crippen LogP contribution in [0.4, 0.5) is 0 Å². The van der Waals surface area contributed by atoms with Gasteiger partial charge in [0.25, 0.3) is 5.56 Å². The zero-order valence-electron chi connectivity index (χ0n) is 11.6. The van der Waals surface area contributed by atoms with Crippen molar-refractivity contribution in [1.29, 1.82) is 0 Å². The molecule has 108 valence electrons. The molecule has 2 N–H and O–H groups in total. The summed E-state index contributed by atoms with van der Waals surface area (Å²) in [4.78, 5) is 16.0. The minimum Gasteiger partial charge on any atom is -0.326 e. The standard InChI is InChI=1S/C16H15N3O.ClH/c1-19-15(20)7-6-14-13(8-9-18-16(14)19)12-4-2-11(10-17)3-5-12;/h2-9H,10,17H2,1H3;1H. The van der Waals surface area contributed by atoms with Crippen LogP contribution in [0.2, 0.25) is 0 Å². The summed E-state index contributed by atoms with van der Waals surface area (Å²) in [6, 6.07) is 13.5. The Hall–Kier alpha value is -2.17. The highest BCUT2D eigenvalue weighted by Crippen LogP contribution is 2.26. The molecule has 0 radical (unpaired) electrons. The molecule has 5 heteroatoms. The van der Waals surface area contributed by atoms with Crippen LogP contribution in [0.5, 0.6) is 0 Å². The number of benzene rings is 1. The lowest BCUT2D eigenvalue weighted by Crippen LogP contribution is -2.16. The van der Waals surface area contributed by atoms with E-state index in [1.165, 1.54) is 0 Å². The minimum atomic E-state index is -0.0550. The lowest BCUT2D eigenvalue weighted by atomic mass is 10.0. The van der Waals surface area contributed by atoms with Gasteiger partial charge in [0.05, 0.1) is 0 Å². The Bertz CT molecular complexity index is 825. The fraction of sp³-hybridized carbons (Fsp3) is 0.125. The van der Waals surface area contributed by atoms with Crippen LogP contribution in [-0.2, 0) is 13.6 Å². The van der Waals surface area contributed by atoms with Gasteiger partial charge in [-0.3, -0.25) is 9.36 Å². The quantitative estimate of drug-likeness (QED) is 0.791. The lowest BCUT2D eigenvalue weighted by Gasteiger charge is -2.09. The lowest BCUT2D eigenvalue weighted by molar-refractivity contribution is 0.888. The van der Waals surface area contributed by atoms with Crippen LogP contribution >= 0.6 is 12.4 Å². The summed E-state index contributed by atoms with van der Waals surface area (Å²) in [7, 11) is 1.74. The number of nitrogens with two attached hydrogens (primary N) is 1. The summed E-state index contributed by atoms with van der Waals surface area (Å²) >= 11 is 0. The number of pyridine rings is 2. The molecule has 0 saturated carbocycles. The Morgan fingerprint density at radius 3 is 2.48 bits per heavy atom. The molecule has 0 amide bonds. The summed E-state index contributed by atoms with van der Waals surface area (Å²) in [6.45, 7) is 0.534.